The number of para-hydroxylation sites is 4. The normalized spacial score (nSPS) is 12.7. The molecule has 2 aliphatic carbocycles. The summed E-state index contributed by atoms with van der Waals surface area (Å²) in [6.45, 7) is 9.41. The molecule has 20 aromatic rings. The minimum Gasteiger partial charge on any atom is -0.310 e. The van der Waals surface area contributed by atoms with Gasteiger partial charge in [0, 0.05) is 77.9 Å². The van der Waals surface area contributed by atoms with Gasteiger partial charge in [0.05, 0.1) is 22.1 Å². The van der Waals surface area contributed by atoms with Gasteiger partial charge >= 0.3 is 0 Å². The Hall–Kier alpha value is -14.8. The van der Waals surface area contributed by atoms with Crippen molar-refractivity contribution in [3.63, 3.8) is 0 Å². The summed E-state index contributed by atoms with van der Waals surface area (Å²) in [7, 11) is 0. The molecular weight excluding hydrogens is 1430 g/mol. The Bertz CT molecular complexity index is 7210. The fourth-order valence-corrected chi connectivity index (χ4v) is 18.8. The Morgan fingerprint density at radius 2 is 0.449 bits per heavy atom. The highest BCUT2D eigenvalue weighted by Crippen LogP contribution is 2.54. The first-order chi connectivity index (χ1) is 58.0. The quantitative estimate of drug-likeness (QED) is 0.108. The minimum atomic E-state index is -0.106. The van der Waals surface area contributed by atoms with Crippen molar-refractivity contribution in [2.75, 3.05) is 9.80 Å². The van der Waals surface area contributed by atoms with Crippen molar-refractivity contribution >= 4 is 77.7 Å². The van der Waals surface area contributed by atoms with Crippen LogP contribution in [-0.2, 0) is 10.8 Å². The van der Waals surface area contributed by atoms with Crippen LogP contribution in [0.2, 0.25) is 0 Å². The van der Waals surface area contributed by atoms with Crippen molar-refractivity contribution in [2.45, 2.75) is 38.5 Å². The predicted molar refractivity (Wildman–Crippen MR) is 499 cm³/mol. The smallest absolute Gasteiger partial charge is 0.0547 e. The summed E-state index contributed by atoms with van der Waals surface area (Å²) in [6.07, 6.45) is 0. The fourth-order valence-electron chi connectivity index (χ4n) is 18.8. The van der Waals surface area contributed by atoms with Gasteiger partial charge in [0.2, 0.25) is 0 Å². The van der Waals surface area contributed by atoms with Crippen molar-refractivity contribution in [2.24, 2.45) is 0 Å². The minimum absolute atomic E-state index is 0.0864. The van der Waals surface area contributed by atoms with Crippen LogP contribution in [0, 0.1) is 0 Å². The molecule has 4 nitrogen and oxygen atoms in total. The van der Waals surface area contributed by atoms with Gasteiger partial charge in [0.15, 0.2) is 0 Å². The first-order valence-corrected chi connectivity index (χ1v) is 41.0. The van der Waals surface area contributed by atoms with E-state index in [0.717, 1.165) is 45.5 Å². The number of aromatic nitrogens is 2. The molecule has 0 spiro atoms. The van der Waals surface area contributed by atoms with Crippen molar-refractivity contribution in [3.8, 4) is 100 Å². The maximum atomic E-state index is 2.42. The molecule has 118 heavy (non-hydrogen) atoms. The Balaban J connectivity index is 0.000000147. The lowest BCUT2D eigenvalue weighted by molar-refractivity contribution is 0.660. The number of hydrogen-bond donors (Lipinski definition) is 0. The van der Waals surface area contributed by atoms with Gasteiger partial charge < -0.3 is 18.9 Å². The van der Waals surface area contributed by atoms with E-state index in [9.17, 15) is 0 Å². The molecule has 2 aliphatic rings. The molecule has 0 atom stereocenters. The zero-order valence-corrected chi connectivity index (χ0v) is 66.4. The Kier molecular flexibility index (Phi) is 17.6. The van der Waals surface area contributed by atoms with Gasteiger partial charge in [0.25, 0.3) is 0 Å². The van der Waals surface area contributed by atoms with E-state index in [1.807, 2.05) is 0 Å². The molecule has 18 aromatic carbocycles. The third-order valence-electron chi connectivity index (χ3n) is 24.8. The lowest BCUT2D eigenvalue weighted by Crippen LogP contribution is -2.16. The van der Waals surface area contributed by atoms with E-state index in [2.05, 4.69) is 483 Å². The van der Waals surface area contributed by atoms with Crippen LogP contribution in [0.5, 0.6) is 0 Å². The van der Waals surface area contributed by atoms with Crippen LogP contribution in [0.1, 0.15) is 49.9 Å². The number of nitrogens with zero attached hydrogens (tertiary/aromatic N) is 4. The molecule has 4 heteroatoms. The first-order valence-electron chi connectivity index (χ1n) is 41.0. The zero-order chi connectivity index (χ0) is 79.0. The molecule has 22 rings (SSSR count). The van der Waals surface area contributed by atoms with Crippen molar-refractivity contribution in [1.82, 2.24) is 9.13 Å². The van der Waals surface area contributed by atoms with Crippen LogP contribution in [-0.4, -0.2) is 9.13 Å². The summed E-state index contributed by atoms with van der Waals surface area (Å²) in [4.78, 5) is 4.81. The third-order valence-corrected chi connectivity index (χ3v) is 24.8. The zero-order valence-electron chi connectivity index (χ0n) is 66.4. The van der Waals surface area contributed by atoms with E-state index in [1.165, 1.54) is 155 Å². The fraction of sp³-hybridized carbons (Fsp3) is 0.0526. The third kappa shape index (κ3) is 12.5. The number of fused-ring (bicyclic) bond motifs is 12. The van der Waals surface area contributed by atoms with Crippen molar-refractivity contribution < 1.29 is 0 Å². The number of benzene rings is 18. The molecule has 2 aromatic heterocycles. The Morgan fingerprint density at radius 1 is 0.169 bits per heavy atom. The highest BCUT2D eigenvalue weighted by atomic mass is 15.1. The molecule has 2 heterocycles. The van der Waals surface area contributed by atoms with Gasteiger partial charge in [-0.3, -0.25) is 0 Å². The average molecular weight is 1510 g/mol. The monoisotopic (exact) mass is 1510 g/mol. The summed E-state index contributed by atoms with van der Waals surface area (Å²) in [6, 6.07) is 160. The van der Waals surface area contributed by atoms with Crippen molar-refractivity contribution in [3.05, 3.63) is 459 Å². The standard InChI is InChI=1S/2C57H42N2/c1-57(2)53-25-11-9-23-49(53)50-34-32-48(38-54(50)57)58(46-30-27-40(28-31-46)39-15-5-3-6-16-39)47-22-14-19-43(36-47)41-17-13-18-42(35-41)44-29-33-52-51-24-10-12-26-55(51)59(56(52)37-44)45-20-7-4-8-21-45;1-57(2)53-25-11-9-23-49(53)50-34-32-48(38-54(50)57)58(45-20-7-4-8-21-45)47-22-14-19-43(36-47)41-17-13-18-42(35-41)44-29-33-52-51-24-10-12-26-55(51)59(56(52)37-44)46-30-27-40(28-31-46)39-15-5-3-6-16-39/h2*3-38H,1-2H3. The second-order valence-electron chi connectivity index (χ2n) is 32.4. The Morgan fingerprint density at radius 3 is 0.898 bits per heavy atom. The average Bonchev–Trinajstić information content (AvgIpc) is 1.57. The number of anilines is 6. The van der Waals surface area contributed by atoms with Gasteiger partial charge in [-0.2, -0.15) is 0 Å². The van der Waals surface area contributed by atoms with Crippen molar-refractivity contribution in [1.29, 1.82) is 0 Å². The summed E-state index contributed by atoms with van der Waals surface area (Å²) in [5.74, 6) is 0. The van der Waals surface area contributed by atoms with Crippen LogP contribution >= 0.6 is 0 Å². The summed E-state index contributed by atoms with van der Waals surface area (Å²) in [5, 5.41) is 5.03. The second kappa shape index (κ2) is 29.2. The molecule has 0 radical (unpaired) electrons. The molecule has 0 N–H and O–H groups in total. The summed E-state index contributed by atoms with van der Waals surface area (Å²) >= 11 is 0. The SMILES string of the molecule is CC1(C)c2ccccc2-c2ccc(N(c3ccc(-c4ccccc4)cc3)c3cccc(-c4cccc(-c5ccc6c7ccccc7n(-c7ccccc7)c6c5)c4)c3)cc21.CC1(C)c2ccccc2-c2ccc(N(c3ccccc3)c3cccc(-c4cccc(-c5ccc6c7ccccc7n(-c7ccc(-c8ccccc8)cc7)c6c5)c4)c3)cc21. The van der Waals surface area contributed by atoms with Crippen LogP contribution in [0.3, 0.4) is 0 Å². The van der Waals surface area contributed by atoms with Crippen LogP contribution in [0.4, 0.5) is 34.1 Å². The van der Waals surface area contributed by atoms with Gasteiger partial charge in [0.1, 0.15) is 0 Å². The van der Waals surface area contributed by atoms with E-state index in [-0.39, 0.29) is 10.8 Å². The van der Waals surface area contributed by atoms with E-state index >= 15 is 0 Å². The first kappa shape index (κ1) is 71.0. The van der Waals surface area contributed by atoms with E-state index in [1.54, 1.807) is 0 Å². The van der Waals surface area contributed by atoms with Crippen LogP contribution in [0.25, 0.3) is 144 Å². The largest absolute Gasteiger partial charge is 0.310 e. The van der Waals surface area contributed by atoms with Gasteiger partial charge in [-0.15, -0.1) is 0 Å². The van der Waals surface area contributed by atoms with Gasteiger partial charge in [-0.05, 0) is 245 Å². The topological polar surface area (TPSA) is 16.3 Å². The maximum Gasteiger partial charge on any atom is 0.0547 e. The highest BCUT2D eigenvalue weighted by Gasteiger charge is 2.38. The van der Waals surface area contributed by atoms with E-state index in [4.69, 9.17) is 0 Å². The lowest BCUT2D eigenvalue weighted by atomic mass is 9.82. The lowest BCUT2D eigenvalue weighted by Gasteiger charge is -2.28. The molecule has 0 saturated carbocycles. The van der Waals surface area contributed by atoms with E-state index in [0.29, 0.717) is 0 Å². The summed E-state index contributed by atoms with van der Waals surface area (Å²) in [5.41, 5.74) is 38.8. The molecule has 0 unspecified atom stereocenters. The van der Waals surface area contributed by atoms with Gasteiger partial charge in [-0.25, -0.2) is 0 Å². The molecule has 0 aliphatic heterocycles. The van der Waals surface area contributed by atoms with E-state index < -0.39 is 0 Å². The molecule has 0 fully saturated rings. The second-order valence-corrected chi connectivity index (χ2v) is 32.4. The maximum absolute atomic E-state index is 2.42. The summed E-state index contributed by atoms with van der Waals surface area (Å²) < 4.78 is 4.80. The van der Waals surface area contributed by atoms with Crippen LogP contribution in [0.15, 0.2) is 437 Å². The number of rotatable bonds is 14. The highest BCUT2D eigenvalue weighted by molar-refractivity contribution is 6.12. The molecular formula is C114H84N4. The molecule has 0 amide bonds. The molecule has 0 bridgehead atoms. The van der Waals surface area contributed by atoms with Crippen LogP contribution < -0.4 is 9.80 Å². The molecule has 560 valence electrons. The molecule has 0 saturated heterocycles. The predicted octanol–water partition coefficient (Wildman–Crippen LogP) is 31.1. The Labute approximate surface area is 690 Å². The number of hydrogen-bond acceptors (Lipinski definition) is 2. The van der Waals surface area contributed by atoms with Gasteiger partial charge in [-0.1, -0.05) is 331 Å².